The summed E-state index contributed by atoms with van der Waals surface area (Å²) < 4.78 is 0. The molecular formula is C13H19N3. The molecule has 0 aliphatic carbocycles. The first-order valence-electron chi connectivity index (χ1n) is 6.07. The van der Waals surface area contributed by atoms with Crippen molar-refractivity contribution >= 4 is 11.4 Å². The van der Waals surface area contributed by atoms with Crippen LogP contribution >= 0.6 is 0 Å². The fourth-order valence-corrected chi connectivity index (χ4v) is 3.25. The Bertz CT molecular complexity index is 402. The lowest BCUT2D eigenvalue weighted by Gasteiger charge is -2.31. The van der Waals surface area contributed by atoms with Crippen molar-refractivity contribution in [2.24, 2.45) is 0 Å². The fourth-order valence-electron chi connectivity index (χ4n) is 3.25. The second-order valence-electron chi connectivity index (χ2n) is 4.77. The molecule has 1 aromatic carbocycles. The third-order valence-electron chi connectivity index (χ3n) is 4.03. The van der Waals surface area contributed by atoms with Crippen molar-refractivity contribution in [1.82, 2.24) is 5.32 Å². The summed E-state index contributed by atoms with van der Waals surface area (Å²) in [6.07, 6.45) is 1.25. The highest BCUT2D eigenvalue weighted by atomic mass is 15.2. The molecule has 2 heterocycles. The zero-order valence-electron chi connectivity index (χ0n) is 9.96. The number of hydrogen-bond acceptors (Lipinski definition) is 3. The lowest BCUT2D eigenvalue weighted by Crippen LogP contribution is -2.42. The van der Waals surface area contributed by atoms with Crippen LogP contribution in [0.4, 0.5) is 11.4 Å². The number of benzene rings is 1. The molecule has 0 radical (unpaired) electrons. The van der Waals surface area contributed by atoms with E-state index in [2.05, 4.69) is 40.8 Å². The molecule has 2 aliphatic heterocycles. The Morgan fingerprint density at radius 1 is 1.44 bits per heavy atom. The maximum absolute atomic E-state index is 3.51. The number of nitrogens with one attached hydrogen (secondary N) is 2. The highest BCUT2D eigenvalue weighted by molar-refractivity contribution is 5.77. The van der Waals surface area contributed by atoms with Gasteiger partial charge in [-0.25, -0.2) is 0 Å². The summed E-state index contributed by atoms with van der Waals surface area (Å²) in [5.74, 6) is 0.669. The van der Waals surface area contributed by atoms with E-state index in [9.17, 15) is 0 Å². The van der Waals surface area contributed by atoms with E-state index < -0.39 is 0 Å². The summed E-state index contributed by atoms with van der Waals surface area (Å²) in [6, 6.07) is 7.30. The van der Waals surface area contributed by atoms with Gasteiger partial charge in [-0.05, 0) is 24.6 Å². The monoisotopic (exact) mass is 217 g/mol. The number of likely N-dealkylation sites (N-methyl/N-ethyl adjacent to an activating group) is 1. The molecule has 0 spiro atoms. The summed E-state index contributed by atoms with van der Waals surface area (Å²) in [5.41, 5.74) is 4.17. The second-order valence-corrected chi connectivity index (χ2v) is 4.77. The Morgan fingerprint density at radius 2 is 2.31 bits per heavy atom. The summed E-state index contributed by atoms with van der Waals surface area (Å²) >= 11 is 0. The Balaban J connectivity index is 2.09. The van der Waals surface area contributed by atoms with Crippen molar-refractivity contribution in [3.05, 3.63) is 23.8 Å². The Kier molecular flexibility index (Phi) is 2.28. The number of rotatable bonds is 1. The van der Waals surface area contributed by atoms with E-state index in [1.807, 2.05) is 7.05 Å². The third kappa shape index (κ3) is 1.24. The number of fused-ring (bicyclic) bond motifs is 3. The third-order valence-corrected chi connectivity index (χ3v) is 4.03. The molecule has 86 valence electrons. The molecular weight excluding hydrogens is 198 g/mol. The van der Waals surface area contributed by atoms with E-state index in [1.165, 1.54) is 23.4 Å². The van der Waals surface area contributed by atoms with Crippen molar-refractivity contribution in [2.45, 2.75) is 18.4 Å². The average molecular weight is 217 g/mol. The van der Waals surface area contributed by atoms with Crippen molar-refractivity contribution in [2.75, 3.05) is 37.4 Å². The smallest absolute Gasteiger partial charge is 0.0638 e. The van der Waals surface area contributed by atoms with Crippen molar-refractivity contribution in [3.8, 4) is 0 Å². The summed E-state index contributed by atoms with van der Waals surface area (Å²) in [7, 11) is 4.24. The molecule has 0 bridgehead atoms. The van der Waals surface area contributed by atoms with Crippen LogP contribution in [0.15, 0.2) is 18.2 Å². The van der Waals surface area contributed by atoms with Gasteiger partial charge in [0.1, 0.15) is 0 Å². The van der Waals surface area contributed by atoms with Crippen molar-refractivity contribution < 1.29 is 0 Å². The van der Waals surface area contributed by atoms with Crippen LogP contribution in [0.1, 0.15) is 17.9 Å². The van der Waals surface area contributed by atoms with Gasteiger partial charge in [-0.2, -0.15) is 0 Å². The number of para-hydroxylation sites is 1. The molecule has 2 aliphatic rings. The lowest BCUT2D eigenvalue weighted by atomic mass is 9.90. The van der Waals surface area contributed by atoms with Gasteiger partial charge in [-0.1, -0.05) is 12.1 Å². The van der Waals surface area contributed by atoms with Gasteiger partial charge in [-0.15, -0.1) is 0 Å². The molecule has 1 aromatic rings. The lowest BCUT2D eigenvalue weighted by molar-refractivity contribution is 0.413. The predicted molar refractivity (Wildman–Crippen MR) is 68.4 cm³/mol. The molecule has 2 N–H and O–H groups in total. The van der Waals surface area contributed by atoms with Crippen LogP contribution in [0.5, 0.6) is 0 Å². The van der Waals surface area contributed by atoms with Crippen LogP contribution in [0.3, 0.4) is 0 Å². The van der Waals surface area contributed by atoms with Crippen LogP contribution in [0.25, 0.3) is 0 Å². The molecule has 2 atom stereocenters. The fraction of sp³-hybridized carbons (Fsp3) is 0.538. The Labute approximate surface area is 96.8 Å². The average Bonchev–Trinajstić information content (AvgIpc) is 2.64. The topological polar surface area (TPSA) is 27.3 Å². The SMILES string of the molecule is CNc1cccc2c1N(C)C1CCNCC21. The Morgan fingerprint density at radius 3 is 3.12 bits per heavy atom. The molecule has 3 rings (SSSR count). The van der Waals surface area contributed by atoms with Gasteiger partial charge < -0.3 is 15.5 Å². The summed E-state index contributed by atoms with van der Waals surface area (Å²) in [6.45, 7) is 2.27. The van der Waals surface area contributed by atoms with E-state index in [4.69, 9.17) is 0 Å². The van der Waals surface area contributed by atoms with Crippen LogP contribution in [0.2, 0.25) is 0 Å². The number of hydrogen-bond donors (Lipinski definition) is 2. The van der Waals surface area contributed by atoms with E-state index in [0.29, 0.717) is 12.0 Å². The van der Waals surface area contributed by atoms with Crippen molar-refractivity contribution in [1.29, 1.82) is 0 Å². The molecule has 1 fully saturated rings. The first-order valence-corrected chi connectivity index (χ1v) is 6.07. The quantitative estimate of drug-likeness (QED) is 0.748. The van der Waals surface area contributed by atoms with Crippen LogP contribution in [0, 0.1) is 0 Å². The van der Waals surface area contributed by atoms with Gasteiger partial charge in [0.25, 0.3) is 0 Å². The van der Waals surface area contributed by atoms with Crippen LogP contribution in [-0.4, -0.2) is 33.2 Å². The highest BCUT2D eigenvalue weighted by Gasteiger charge is 2.38. The normalized spacial score (nSPS) is 27.5. The van der Waals surface area contributed by atoms with Crippen LogP contribution < -0.4 is 15.5 Å². The largest absolute Gasteiger partial charge is 0.386 e. The molecule has 16 heavy (non-hydrogen) atoms. The minimum absolute atomic E-state index is 0.669. The number of nitrogens with zero attached hydrogens (tertiary/aromatic N) is 1. The number of anilines is 2. The summed E-state index contributed by atoms with van der Waals surface area (Å²) in [5, 5.41) is 6.81. The minimum Gasteiger partial charge on any atom is -0.386 e. The first-order chi connectivity index (χ1) is 7.83. The second kappa shape index (κ2) is 3.67. The van der Waals surface area contributed by atoms with Gasteiger partial charge in [0, 0.05) is 32.6 Å². The molecule has 0 saturated carbocycles. The molecule has 3 nitrogen and oxygen atoms in total. The Hall–Kier alpha value is -1.22. The predicted octanol–water partition coefficient (Wildman–Crippen LogP) is 1.62. The van der Waals surface area contributed by atoms with E-state index in [-0.39, 0.29) is 0 Å². The van der Waals surface area contributed by atoms with Gasteiger partial charge in [0.05, 0.1) is 11.4 Å². The van der Waals surface area contributed by atoms with Gasteiger partial charge >= 0.3 is 0 Å². The van der Waals surface area contributed by atoms with Crippen LogP contribution in [-0.2, 0) is 0 Å². The number of piperidine rings is 1. The zero-order valence-corrected chi connectivity index (χ0v) is 9.96. The standard InChI is InChI=1S/C13H19N3/c1-14-11-5-3-4-9-10-8-15-7-6-12(10)16(2)13(9)11/h3-5,10,12,14-15H,6-8H2,1-2H3. The molecule has 3 heteroatoms. The van der Waals surface area contributed by atoms with Gasteiger partial charge in [0.2, 0.25) is 0 Å². The molecule has 2 unspecified atom stereocenters. The van der Waals surface area contributed by atoms with Crippen molar-refractivity contribution in [3.63, 3.8) is 0 Å². The minimum atomic E-state index is 0.669. The highest BCUT2D eigenvalue weighted by Crippen LogP contribution is 2.45. The molecule has 0 aromatic heterocycles. The molecule has 0 amide bonds. The van der Waals surface area contributed by atoms with E-state index in [0.717, 1.165) is 13.1 Å². The summed E-state index contributed by atoms with van der Waals surface area (Å²) in [4.78, 5) is 2.46. The van der Waals surface area contributed by atoms with Gasteiger partial charge in [-0.3, -0.25) is 0 Å². The van der Waals surface area contributed by atoms with E-state index >= 15 is 0 Å². The maximum atomic E-state index is 3.51. The zero-order chi connectivity index (χ0) is 11.1. The first kappa shape index (κ1) is 9.97. The van der Waals surface area contributed by atoms with Gasteiger partial charge in [0.15, 0.2) is 0 Å². The van der Waals surface area contributed by atoms with E-state index in [1.54, 1.807) is 0 Å². The molecule has 1 saturated heterocycles. The maximum Gasteiger partial charge on any atom is 0.0638 e.